The standard InChI is InChI=1S/C20H21F4N3O3S/c21-16-5-7-17(8-6-16)25-31(29,30)18-4-1-3-15(13-18)19(28)27-10-2-9-26(11-12-27)14-20(22,23)24/h1,3-8,13,25H,2,9-12,14H2. The van der Waals surface area contributed by atoms with Gasteiger partial charge < -0.3 is 4.90 Å². The maximum atomic E-state index is 13.0. The SMILES string of the molecule is O=C(c1cccc(S(=O)(=O)Nc2ccc(F)cc2)c1)N1CCCN(CC(F)(F)F)CC1. The predicted octanol–water partition coefficient (Wildman–Crippen LogP) is 3.34. The highest BCUT2D eigenvalue weighted by atomic mass is 32.2. The molecule has 2 aromatic carbocycles. The Morgan fingerprint density at radius 1 is 1.00 bits per heavy atom. The van der Waals surface area contributed by atoms with E-state index in [1.807, 2.05) is 0 Å². The van der Waals surface area contributed by atoms with E-state index in [0.717, 1.165) is 12.1 Å². The molecule has 0 bridgehead atoms. The first-order chi connectivity index (χ1) is 14.5. The smallest absolute Gasteiger partial charge is 0.337 e. The van der Waals surface area contributed by atoms with Gasteiger partial charge in [-0.2, -0.15) is 13.2 Å². The van der Waals surface area contributed by atoms with Gasteiger partial charge in [0.1, 0.15) is 5.82 Å². The summed E-state index contributed by atoms with van der Waals surface area (Å²) < 4.78 is 78.4. The van der Waals surface area contributed by atoms with E-state index in [9.17, 15) is 30.8 Å². The minimum atomic E-state index is -4.31. The Balaban J connectivity index is 1.71. The number of carbonyl (C=O) groups excluding carboxylic acids is 1. The van der Waals surface area contributed by atoms with E-state index >= 15 is 0 Å². The summed E-state index contributed by atoms with van der Waals surface area (Å²) in [4.78, 5) is 15.4. The number of amides is 1. The van der Waals surface area contributed by atoms with Crippen molar-refractivity contribution >= 4 is 21.6 Å². The lowest BCUT2D eigenvalue weighted by Gasteiger charge is -2.23. The lowest BCUT2D eigenvalue weighted by molar-refractivity contribution is -0.145. The summed E-state index contributed by atoms with van der Waals surface area (Å²) in [7, 11) is -4.03. The van der Waals surface area contributed by atoms with Gasteiger partial charge in [-0.25, -0.2) is 12.8 Å². The Morgan fingerprint density at radius 2 is 1.71 bits per heavy atom. The van der Waals surface area contributed by atoms with Crippen LogP contribution in [0.25, 0.3) is 0 Å². The summed E-state index contributed by atoms with van der Waals surface area (Å²) in [6, 6.07) is 10.2. The molecule has 0 spiro atoms. The number of nitrogens with one attached hydrogen (secondary N) is 1. The van der Waals surface area contributed by atoms with Crippen molar-refractivity contribution in [3.8, 4) is 0 Å². The molecule has 0 aliphatic carbocycles. The Labute approximate surface area is 177 Å². The zero-order valence-electron chi connectivity index (χ0n) is 16.4. The molecule has 6 nitrogen and oxygen atoms in total. The second-order valence-electron chi connectivity index (χ2n) is 7.18. The van der Waals surface area contributed by atoms with E-state index in [-0.39, 0.29) is 42.3 Å². The summed E-state index contributed by atoms with van der Waals surface area (Å²) >= 11 is 0. The van der Waals surface area contributed by atoms with Crippen LogP contribution in [-0.2, 0) is 10.0 Å². The van der Waals surface area contributed by atoms with Crippen molar-refractivity contribution in [1.29, 1.82) is 0 Å². The molecule has 0 unspecified atom stereocenters. The molecule has 1 fully saturated rings. The molecule has 0 aromatic heterocycles. The second-order valence-corrected chi connectivity index (χ2v) is 8.86. The lowest BCUT2D eigenvalue weighted by atomic mass is 10.2. The molecule has 0 atom stereocenters. The van der Waals surface area contributed by atoms with E-state index < -0.39 is 34.5 Å². The number of nitrogens with zero attached hydrogens (tertiary/aromatic N) is 2. The largest absolute Gasteiger partial charge is 0.401 e. The Bertz CT molecular complexity index is 1030. The van der Waals surface area contributed by atoms with Crippen LogP contribution in [0.15, 0.2) is 53.4 Å². The van der Waals surface area contributed by atoms with Crippen molar-refractivity contribution < 1.29 is 30.8 Å². The van der Waals surface area contributed by atoms with Gasteiger partial charge in [-0.1, -0.05) is 6.07 Å². The van der Waals surface area contributed by atoms with Crippen LogP contribution >= 0.6 is 0 Å². The highest BCUT2D eigenvalue weighted by Crippen LogP contribution is 2.20. The Morgan fingerprint density at radius 3 is 2.39 bits per heavy atom. The minimum absolute atomic E-state index is 0.0787. The molecule has 168 valence electrons. The predicted molar refractivity (Wildman–Crippen MR) is 107 cm³/mol. The van der Waals surface area contributed by atoms with Crippen molar-refractivity contribution in [2.24, 2.45) is 0 Å². The van der Waals surface area contributed by atoms with Crippen molar-refractivity contribution in [2.45, 2.75) is 17.5 Å². The molecular formula is C20H21F4N3O3S. The molecule has 0 radical (unpaired) electrons. The van der Waals surface area contributed by atoms with Crippen LogP contribution < -0.4 is 4.72 Å². The summed E-state index contributed by atoms with van der Waals surface area (Å²) in [6.45, 7) is -0.343. The van der Waals surface area contributed by atoms with E-state index in [1.165, 1.54) is 46.2 Å². The number of carbonyl (C=O) groups is 1. The van der Waals surface area contributed by atoms with Gasteiger partial charge in [0.05, 0.1) is 11.4 Å². The highest BCUT2D eigenvalue weighted by molar-refractivity contribution is 7.92. The fourth-order valence-corrected chi connectivity index (χ4v) is 4.40. The molecule has 3 rings (SSSR count). The second kappa shape index (κ2) is 9.23. The van der Waals surface area contributed by atoms with Crippen LogP contribution in [0.4, 0.5) is 23.2 Å². The number of hydrogen-bond donors (Lipinski definition) is 1. The highest BCUT2D eigenvalue weighted by Gasteiger charge is 2.32. The average molecular weight is 459 g/mol. The zero-order valence-corrected chi connectivity index (χ0v) is 17.2. The normalized spacial score (nSPS) is 16.1. The minimum Gasteiger partial charge on any atom is -0.337 e. The Hall–Kier alpha value is -2.66. The average Bonchev–Trinajstić information content (AvgIpc) is 2.93. The third-order valence-corrected chi connectivity index (χ3v) is 6.15. The molecule has 11 heteroatoms. The number of sulfonamides is 1. The number of hydrogen-bond acceptors (Lipinski definition) is 4. The first-order valence-corrected chi connectivity index (χ1v) is 11.0. The lowest BCUT2D eigenvalue weighted by Crippen LogP contribution is -2.38. The quantitative estimate of drug-likeness (QED) is 0.697. The number of alkyl halides is 3. The summed E-state index contributed by atoms with van der Waals surface area (Å²) in [5.74, 6) is -0.963. The van der Waals surface area contributed by atoms with Gasteiger partial charge in [-0.05, 0) is 48.9 Å². The van der Waals surface area contributed by atoms with Gasteiger partial charge in [0.2, 0.25) is 0 Å². The van der Waals surface area contributed by atoms with E-state index in [0.29, 0.717) is 6.42 Å². The monoisotopic (exact) mass is 459 g/mol. The van der Waals surface area contributed by atoms with Crippen molar-refractivity contribution in [3.05, 3.63) is 59.9 Å². The van der Waals surface area contributed by atoms with Crippen LogP contribution in [0.3, 0.4) is 0 Å². The van der Waals surface area contributed by atoms with Crippen molar-refractivity contribution in [3.63, 3.8) is 0 Å². The number of benzene rings is 2. The van der Waals surface area contributed by atoms with Gasteiger partial charge in [0.25, 0.3) is 15.9 Å². The first-order valence-electron chi connectivity index (χ1n) is 9.50. The van der Waals surface area contributed by atoms with Gasteiger partial charge in [0, 0.05) is 37.4 Å². The maximum Gasteiger partial charge on any atom is 0.401 e. The summed E-state index contributed by atoms with van der Waals surface area (Å²) in [6.07, 6.45) is -3.93. The summed E-state index contributed by atoms with van der Waals surface area (Å²) in [5, 5.41) is 0. The summed E-state index contributed by atoms with van der Waals surface area (Å²) in [5.41, 5.74) is 0.279. The third kappa shape index (κ3) is 6.41. The van der Waals surface area contributed by atoms with Crippen LogP contribution in [0.1, 0.15) is 16.8 Å². The van der Waals surface area contributed by atoms with Crippen LogP contribution in [0, 0.1) is 5.82 Å². The third-order valence-electron chi connectivity index (χ3n) is 4.77. The number of rotatable bonds is 5. The van der Waals surface area contributed by atoms with Gasteiger partial charge in [-0.3, -0.25) is 14.4 Å². The van der Waals surface area contributed by atoms with Crippen molar-refractivity contribution in [1.82, 2.24) is 9.80 Å². The van der Waals surface area contributed by atoms with Gasteiger partial charge >= 0.3 is 6.18 Å². The molecule has 1 amide bonds. The van der Waals surface area contributed by atoms with E-state index in [4.69, 9.17) is 0 Å². The molecule has 31 heavy (non-hydrogen) atoms. The van der Waals surface area contributed by atoms with Gasteiger partial charge in [0.15, 0.2) is 0 Å². The molecular weight excluding hydrogens is 438 g/mol. The zero-order chi connectivity index (χ0) is 22.6. The van der Waals surface area contributed by atoms with Crippen LogP contribution in [0.2, 0.25) is 0 Å². The molecule has 2 aromatic rings. The fourth-order valence-electron chi connectivity index (χ4n) is 3.30. The molecule has 1 aliphatic rings. The van der Waals surface area contributed by atoms with Crippen LogP contribution in [-0.4, -0.2) is 63.0 Å². The van der Waals surface area contributed by atoms with E-state index in [2.05, 4.69) is 4.72 Å². The van der Waals surface area contributed by atoms with Crippen LogP contribution in [0.5, 0.6) is 0 Å². The number of anilines is 1. The molecule has 1 aliphatic heterocycles. The van der Waals surface area contributed by atoms with Gasteiger partial charge in [-0.15, -0.1) is 0 Å². The fraction of sp³-hybridized carbons (Fsp3) is 0.350. The van der Waals surface area contributed by atoms with E-state index in [1.54, 1.807) is 0 Å². The van der Waals surface area contributed by atoms with Crippen molar-refractivity contribution in [2.75, 3.05) is 37.4 Å². The molecule has 0 saturated carbocycles. The number of halogens is 4. The molecule has 1 heterocycles. The molecule has 1 saturated heterocycles. The topological polar surface area (TPSA) is 69.7 Å². The Kier molecular flexibility index (Phi) is 6.85. The maximum absolute atomic E-state index is 13.0. The first kappa shape index (κ1) is 23.0. The molecule has 1 N–H and O–H groups in total.